The second-order valence-corrected chi connectivity index (χ2v) is 4.70. The molecule has 2 aromatic carbocycles. The minimum atomic E-state index is -0.438. The third-order valence-corrected chi connectivity index (χ3v) is 3.27. The number of nitrogens with zero attached hydrogens (tertiary/aromatic N) is 2. The van der Waals surface area contributed by atoms with E-state index in [2.05, 4.69) is 4.99 Å². The van der Waals surface area contributed by atoms with Crippen LogP contribution < -0.4 is 4.74 Å². The smallest absolute Gasteiger partial charge is 0.269 e. The summed E-state index contributed by atoms with van der Waals surface area (Å²) in [6, 6.07) is 11.2. The summed E-state index contributed by atoms with van der Waals surface area (Å²) in [5.41, 5.74) is 1.45. The van der Waals surface area contributed by atoms with Crippen LogP contribution in [0.5, 0.6) is 11.5 Å². The summed E-state index contributed by atoms with van der Waals surface area (Å²) < 4.78 is 5.04. The number of para-hydroxylation sites is 1. The van der Waals surface area contributed by atoms with E-state index < -0.39 is 4.92 Å². The highest BCUT2D eigenvalue weighted by molar-refractivity contribution is 5.84. The van der Waals surface area contributed by atoms with Gasteiger partial charge in [-0.05, 0) is 24.6 Å². The number of aromatic hydroxyl groups is 1. The Labute approximate surface area is 127 Å². The summed E-state index contributed by atoms with van der Waals surface area (Å²) in [6.45, 7) is 1.87. The van der Waals surface area contributed by atoms with Gasteiger partial charge in [0.1, 0.15) is 0 Å². The maximum absolute atomic E-state index is 10.6. The van der Waals surface area contributed by atoms with Gasteiger partial charge in [-0.2, -0.15) is 0 Å². The Balaban J connectivity index is 2.17. The highest BCUT2D eigenvalue weighted by Gasteiger charge is 2.09. The molecule has 0 radical (unpaired) electrons. The number of ether oxygens (including phenoxy) is 1. The molecular weight excluding hydrogens is 284 g/mol. The molecule has 0 amide bonds. The highest BCUT2D eigenvalue weighted by atomic mass is 16.6. The van der Waals surface area contributed by atoms with Gasteiger partial charge >= 0.3 is 0 Å². The number of phenols is 1. The van der Waals surface area contributed by atoms with Gasteiger partial charge in [-0.15, -0.1) is 0 Å². The highest BCUT2D eigenvalue weighted by Crippen LogP contribution is 2.28. The average Bonchev–Trinajstić information content (AvgIpc) is 2.53. The van der Waals surface area contributed by atoms with E-state index in [4.69, 9.17) is 4.74 Å². The zero-order valence-electron chi connectivity index (χ0n) is 12.3. The first kappa shape index (κ1) is 15.5. The zero-order valence-corrected chi connectivity index (χ0v) is 12.3. The molecule has 0 bridgehead atoms. The van der Waals surface area contributed by atoms with Crippen LogP contribution in [0.15, 0.2) is 47.5 Å². The number of non-ortho nitro benzene ring substituents is 1. The Hall–Kier alpha value is -2.89. The van der Waals surface area contributed by atoms with E-state index in [0.717, 1.165) is 5.56 Å². The molecule has 0 fully saturated rings. The zero-order chi connectivity index (χ0) is 16.1. The Bertz CT molecular complexity index is 696. The molecule has 22 heavy (non-hydrogen) atoms. The molecule has 0 aliphatic rings. The van der Waals surface area contributed by atoms with Crippen LogP contribution in [0.4, 0.5) is 5.69 Å². The van der Waals surface area contributed by atoms with E-state index in [-0.39, 0.29) is 17.5 Å². The van der Waals surface area contributed by atoms with Crippen LogP contribution >= 0.6 is 0 Å². The van der Waals surface area contributed by atoms with Crippen LogP contribution in [0, 0.1) is 10.1 Å². The molecule has 6 nitrogen and oxygen atoms in total. The third kappa shape index (κ3) is 3.41. The monoisotopic (exact) mass is 300 g/mol. The van der Waals surface area contributed by atoms with Crippen LogP contribution in [-0.2, 0) is 0 Å². The number of nitro groups is 1. The Kier molecular flexibility index (Phi) is 4.73. The molecule has 114 valence electrons. The quantitative estimate of drug-likeness (QED) is 0.520. The molecule has 2 rings (SSSR count). The van der Waals surface area contributed by atoms with Crippen molar-refractivity contribution < 1.29 is 14.8 Å². The number of benzene rings is 2. The van der Waals surface area contributed by atoms with E-state index >= 15 is 0 Å². The third-order valence-electron chi connectivity index (χ3n) is 3.27. The first-order chi connectivity index (χ1) is 10.5. The van der Waals surface area contributed by atoms with Crippen molar-refractivity contribution in [2.24, 2.45) is 4.99 Å². The fraction of sp³-hybridized carbons (Fsp3) is 0.188. The second-order valence-electron chi connectivity index (χ2n) is 4.70. The lowest BCUT2D eigenvalue weighted by molar-refractivity contribution is -0.384. The average molecular weight is 300 g/mol. The van der Waals surface area contributed by atoms with Crippen LogP contribution in [0.1, 0.15) is 24.1 Å². The van der Waals surface area contributed by atoms with E-state index in [1.165, 1.54) is 19.2 Å². The van der Waals surface area contributed by atoms with E-state index in [9.17, 15) is 15.2 Å². The number of hydrogen-bond donors (Lipinski definition) is 1. The standard InChI is InChI=1S/C16H16N2O4/c1-11(12-6-8-14(9-7-12)18(20)21)17-10-13-4-3-5-15(22-2)16(13)19/h3-11,19H,1-2H3. The molecule has 0 spiro atoms. The van der Waals surface area contributed by atoms with Crippen molar-refractivity contribution in [1.82, 2.24) is 0 Å². The number of aliphatic imine (C=N–C) groups is 1. The molecule has 1 N–H and O–H groups in total. The summed E-state index contributed by atoms with van der Waals surface area (Å²) in [5.74, 6) is 0.414. The topological polar surface area (TPSA) is 85.0 Å². The Morgan fingerprint density at radius 3 is 2.55 bits per heavy atom. The Morgan fingerprint density at radius 1 is 1.27 bits per heavy atom. The van der Waals surface area contributed by atoms with Gasteiger partial charge in [-0.1, -0.05) is 18.2 Å². The van der Waals surface area contributed by atoms with E-state index in [1.807, 2.05) is 6.92 Å². The lowest BCUT2D eigenvalue weighted by Gasteiger charge is -2.08. The van der Waals surface area contributed by atoms with Crippen LogP contribution in [0.2, 0.25) is 0 Å². The molecule has 0 aromatic heterocycles. The van der Waals surface area contributed by atoms with Crippen molar-refractivity contribution in [3.05, 3.63) is 63.7 Å². The first-order valence-corrected chi connectivity index (χ1v) is 6.66. The van der Waals surface area contributed by atoms with Crippen LogP contribution in [0.25, 0.3) is 0 Å². The summed E-state index contributed by atoms with van der Waals surface area (Å²) in [5, 5.41) is 20.6. The minimum absolute atomic E-state index is 0.0321. The summed E-state index contributed by atoms with van der Waals surface area (Å²) in [6.07, 6.45) is 1.56. The summed E-state index contributed by atoms with van der Waals surface area (Å²) >= 11 is 0. The molecule has 2 aromatic rings. The lowest BCUT2D eigenvalue weighted by Crippen LogP contribution is -1.94. The predicted octanol–water partition coefficient (Wildman–Crippen LogP) is 3.49. The molecule has 1 unspecified atom stereocenters. The number of nitro benzene ring substituents is 1. The van der Waals surface area contributed by atoms with E-state index in [0.29, 0.717) is 11.3 Å². The van der Waals surface area contributed by atoms with E-state index in [1.54, 1.807) is 36.5 Å². The number of rotatable bonds is 5. The van der Waals surface area contributed by atoms with Gasteiger partial charge in [-0.25, -0.2) is 0 Å². The summed E-state index contributed by atoms with van der Waals surface area (Å²) in [4.78, 5) is 14.6. The molecule has 0 aliphatic carbocycles. The maximum atomic E-state index is 10.6. The molecular formula is C16H16N2O4. The molecule has 0 heterocycles. The van der Waals surface area contributed by atoms with Crippen molar-refractivity contribution in [1.29, 1.82) is 0 Å². The number of hydrogen-bond acceptors (Lipinski definition) is 5. The van der Waals surface area contributed by atoms with Crippen molar-refractivity contribution in [2.45, 2.75) is 13.0 Å². The van der Waals surface area contributed by atoms with Gasteiger partial charge in [0.05, 0.1) is 18.1 Å². The molecule has 0 aliphatic heterocycles. The van der Waals surface area contributed by atoms with Gasteiger partial charge < -0.3 is 9.84 Å². The van der Waals surface area contributed by atoms with Gasteiger partial charge in [0.25, 0.3) is 5.69 Å². The largest absolute Gasteiger partial charge is 0.504 e. The van der Waals surface area contributed by atoms with Crippen molar-refractivity contribution in [3.8, 4) is 11.5 Å². The van der Waals surface area contributed by atoms with Gasteiger partial charge in [-0.3, -0.25) is 15.1 Å². The van der Waals surface area contributed by atoms with Gasteiger partial charge in [0, 0.05) is 23.9 Å². The first-order valence-electron chi connectivity index (χ1n) is 6.66. The Morgan fingerprint density at radius 2 is 1.95 bits per heavy atom. The predicted molar refractivity (Wildman–Crippen MR) is 83.8 cm³/mol. The molecule has 6 heteroatoms. The van der Waals surface area contributed by atoms with Crippen molar-refractivity contribution in [2.75, 3.05) is 7.11 Å². The molecule has 0 saturated carbocycles. The van der Waals surface area contributed by atoms with Crippen LogP contribution in [-0.4, -0.2) is 23.4 Å². The molecule has 0 saturated heterocycles. The molecule has 1 atom stereocenters. The lowest BCUT2D eigenvalue weighted by atomic mass is 10.1. The van der Waals surface area contributed by atoms with Gasteiger partial charge in [0.2, 0.25) is 0 Å². The SMILES string of the molecule is COc1cccc(C=NC(C)c2ccc([N+](=O)[O-])cc2)c1O. The van der Waals surface area contributed by atoms with Crippen molar-refractivity contribution >= 4 is 11.9 Å². The van der Waals surface area contributed by atoms with Gasteiger partial charge in [0.15, 0.2) is 11.5 Å². The maximum Gasteiger partial charge on any atom is 0.269 e. The van der Waals surface area contributed by atoms with Crippen LogP contribution in [0.3, 0.4) is 0 Å². The normalized spacial score (nSPS) is 12.3. The second kappa shape index (κ2) is 6.71. The minimum Gasteiger partial charge on any atom is -0.504 e. The number of phenolic OH excluding ortho intramolecular Hbond substituents is 1. The fourth-order valence-corrected chi connectivity index (χ4v) is 1.96. The number of methoxy groups -OCH3 is 1. The fourth-order valence-electron chi connectivity index (χ4n) is 1.96. The summed E-state index contributed by atoms with van der Waals surface area (Å²) in [7, 11) is 1.48. The van der Waals surface area contributed by atoms with Crippen molar-refractivity contribution in [3.63, 3.8) is 0 Å².